The molecule has 1 aromatic rings. The van der Waals surface area contributed by atoms with Crippen LogP contribution in [0.25, 0.3) is 0 Å². The van der Waals surface area contributed by atoms with Gasteiger partial charge in [-0.1, -0.05) is 15.9 Å². The number of hydrogen-bond acceptors (Lipinski definition) is 3. The van der Waals surface area contributed by atoms with Gasteiger partial charge in [0.25, 0.3) is 0 Å². The number of nitrogens with one attached hydrogen (secondary N) is 1. The molecule has 0 amide bonds. The van der Waals surface area contributed by atoms with Crippen LogP contribution >= 0.6 is 28.3 Å². The summed E-state index contributed by atoms with van der Waals surface area (Å²) in [4.78, 5) is 2.51. The molecule has 5 heteroatoms. The third kappa shape index (κ3) is 4.63. The molecule has 3 nitrogen and oxygen atoms in total. The zero-order valence-corrected chi connectivity index (χ0v) is 13.9. The number of ether oxygens (including phenoxy) is 1. The van der Waals surface area contributed by atoms with E-state index < -0.39 is 0 Å². The lowest BCUT2D eigenvalue weighted by molar-refractivity contribution is 0.194. The van der Waals surface area contributed by atoms with Crippen LogP contribution in [0.1, 0.15) is 18.4 Å². The molecule has 2 rings (SSSR count). The summed E-state index contributed by atoms with van der Waals surface area (Å²) in [5.41, 5.74) is 1.30. The highest BCUT2D eigenvalue weighted by molar-refractivity contribution is 9.10. The van der Waals surface area contributed by atoms with Crippen LogP contribution in [0.15, 0.2) is 22.7 Å². The van der Waals surface area contributed by atoms with E-state index in [4.69, 9.17) is 4.74 Å². The van der Waals surface area contributed by atoms with Gasteiger partial charge in [0.2, 0.25) is 0 Å². The number of halogens is 2. The molecule has 0 bridgehead atoms. The summed E-state index contributed by atoms with van der Waals surface area (Å²) in [7, 11) is 3.77. The van der Waals surface area contributed by atoms with E-state index in [1.165, 1.54) is 22.9 Å². The van der Waals surface area contributed by atoms with Gasteiger partial charge >= 0.3 is 0 Å². The Kier molecular flexibility index (Phi) is 7.15. The fourth-order valence-electron chi connectivity index (χ4n) is 2.42. The van der Waals surface area contributed by atoms with Gasteiger partial charge in [-0.25, -0.2) is 0 Å². The largest absolute Gasteiger partial charge is 0.497 e. The molecule has 0 radical (unpaired) electrons. The first-order valence-corrected chi connectivity index (χ1v) is 7.24. The maximum Gasteiger partial charge on any atom is 0.119 e. The summed E-state index contributed by atoms with van der Waals surface area (Å²) in [6.07, 6.45) is 2.47. The standard InChI is InChI=1S/C14H21BrN2O.ClH/c1-16-12-5-7-17(8-6-12)10-11-9-13(18-2)3-4-14(11)15;/h3-4,9,12,16H,5-8,10H2,1-2H3;1H. The Labute approximate surface area is 130 Å². The van der Waals surface area contributed by atoms with Gasteiger partial charge < -0.3 is 10.1 Å². The summed E-state index contributed by atoms with van der Waals surface area (Å²) in [6, 6.07) is 6.86. The van der Waals surface area contributed by atoms with Crippen LogP contribution < -0.4 is 10.1 Å². The Morgan fingerprint density at radius 3 is 2.63 bits per heavy atom. The molecule has 1 aliphatic heterocycles. The van der Waals surface area contributed by atoms with Crippen molar-refractivity contribution in [3.05, 3.63) is 28.2 Å². The average molecular weight is 350 g/mol. The normalized spacial score (nSPS) is 17.0. The summed E-state index contributed by atoms with van der Waals surface area (Å²) in [6.45, 7) is 3.32. The minimum Gasteiger partial charge on any atom is -0.497 e. The molecule has 1 heterocycles. The second-order valence-electron chi connectivity index (χ2n) is 4.80. The van der Waals surface area contributed by atoms with Crippen molar-refractivity contribution in [2.75, 3.05) is 27.2 Å². The van der Waals surface area contributed by atoms with E-state index in [-0.39, 0.29) is 12.4 Å². The van der Waals surface area contributed by atoms with E-state index in [1.54, 1.807) is 7.11 Å². The van der Waals surface area contributed by atoms with Gasteiger partial charge in [-0.3, -0.25) is 4.90 Å². The summed E-state index contributed by atoms with van der Waals surface area (Å²) in [5.74, 6) is 0.929. The highest BCUT2D eigenvalue weighted by Gasteiger charge is 2.18. The molecule has 0 unspecified atom stereocenters. The Morgan fingerprint density at radius 1 is 1.37 bits per heavy atom. The number of methoxy groups -OCH3 is 1. The van der Waals surface area contributed by atoms with Gasteiger partial charge in [-0.2, -0.15) is 0 Å². The summed E-state index contributed by atoms with van der Waals surface area (Å²) in [5, 5.41) is 3.36. The molecule has 1 saturated heterocycles. The fourth-order valence-corrected chi connectivity index (χ4v) is 2.79. The molecule has 0 aliphatic carbocycles. The Bertz CT molecular complexity index is 395. The van der Waals surface area contributed by atoms with Crippen molar-refractivity contribution in [2.45, 2.75) is 25.4 Å². The zero-order valence-electron chi connectivity index (χ0n) is 11.5. The quantitative estimate of drug-likeness (QED) is 0.904. The third-order valence-corrected chi connectivity index (χ3v) is 4.42. The van der Waals surface area contributed by atoms with Gasteiger partial charge in [0.05, 0.1) is 7.11 Å². The van der Waals surface area contributed by atoms with Crippen LogP contribution in [-0.4, -0.2) is 38.2 Å². The average Bonchev–Trinajstić information content (AvgIpc) is 2.42. The first kappa shape index (κ1) is 16.8. The molecule has 0 aromatic heterocycles. The molecule has 1 aliphatic rings. The predicted octanol–water partition coefficient (Wildman–Crippen LogP) is 3.06. The van der Waals surface area contributed by atoms with Crippen LogP contribution in [0.3, 0.4) is 0 Å². The van der Waals surface area contributed by atoms with Crippen molar-refractivity contribution in [1.29, 1.82) is 0 Å². The molecule has 1 aromatic carbocycles. The van der Waals surface area contributed by atoms with Crippen LogP contribution in [0, 0.1) is 0 Å². The molecule has 0 spiro atoms. The predicted molar refractivity (Wildman–Crippen MR) is 85.3 cm³/mol. The van der Waals surface area contributed by atoms with Crippen molar-refractivity contribution < 1.29 is 4.74 Å². The van der Waals surface area contributed by atoms with Crippen molar-refractivity contribution in [2.24, 2.45) is 0 Å². The third-order valence-electron chi connectivity index (χ3n) is 3.64. The van der Waals surface area contributed by atoms with Crippen LogP contribution in [0.2, 0.25) is 0 Å². The van der Waals surface area contributed by atoms with E-state index in [2.05, 4.69) is 45.3 Å². The first-order valence-electron chi connectivity index (χ1n) is 6.45. The van der Waals surface area contributed by atoms with E-state index in [0.29, 0.717) is 6.04 Å². The molecule has 19 heavy (non-hydrogen) atoms. The summed E-state index contributed by atoms with van der Waals surface area (Å²) >= 11 is 3.62. The van der Waals surface area contributed by atoms with Gasteiger partial charge in [0.1, 0.15) is 5.75 Å². The van der Waals surface area contributed by atoms with E-state index in [0.717, 1.165) is 25.4 Å². The smallest absolute Gasteiger partial charge is 0.119 e. The fraction of sp³-hybridized carbons (Fsp3) is 0.571. The van der Waals surface area contributed by atoms with Crippen LogP contribution in [0.5, 0.6) is 5.75 Å². The monoisotopic (exact) mass is 348 g/mol. The molecule has 1 fully saturated rings. The second-order valence-corrected chi connectivity index (χ2v) is 5.65. The lowest BCUT2D eigenvalue weighted by atomic mass is 10.0. The SMILES string of the molecule is CNC1CCN(Cc2cc(OC)ccc2Br)CC1.Cl. The van der Waals surface area contributed by atoms with Gasteiger partial charge in [-0.15, -0.1) is 12.4 Å². The number of hydrogen-bond donors (Lipinski definition) is 1. The van der Waals surface area contributed by atoms with E-state index in [9.17, 15) is 0 Å². The molecular formula is C14H22BrClN2O. The topological polar surface area (TPSA) is 24.5 Å². The van der Waals surface area contributed by atoms with Crippen molar-refractivity contribution in [3.8, 4) is 5.75 Å². The highest BCUT2D eigenvalue weighted by atomic mass is 79.9. The lowest BCUT2D eigenvalue weighted by Crippen LogP contribution is -2.40. The number of nitrogens with zero attached hydrogens (tertiary/aromatic N) is 1. The minimum atomic E-state index is 0. The highest BCUT2D eigenvalue weighted by Crippen LogP contribution is 2.24. The first-order chi connectivity index (χ1) is 8.72. The van der Waals surface area contributed by atoms with Gasteiger partial charge in [-0.05, 0) is 56.7 Å². The Hall–Kier alpha value is -0.290. The van der Waals surface area contributed by atoms with Crippen LogP contribution in [-0.2, 0) is 6.54 Å². The number of benzene rings is 1. The van der Waals surface area contributed by atoms with Gasteiger partial charge in [0.15, 0.2) is 0 Å². The van der Waals surface area contributed by atoms with E-state index >= 15 is 0 Å². The molecule has 0 atom stereocenters. The molecule has 1 N–H and O–H groups in total. The summed E-state index contributed by atoms with van der Waals surface area (Å²) < 4.78 is 6.45. The maximum atomic E-state index is 5.28. The minimum absolute atomic E-state index is 0. The zero-order chi connectivity index (χ0) is 13.0. The van der Waals surface area contributed by atoms with Crippen molar-refractivity contribution in [3.63, 3.8) is 0 Å². The molecular weight excluding hydrogens is 328 g/mol. The number of likely N-dealkylation sites (tertiary alicyclic amines) is 1. The van der Waals surface area contributed by atoms with E-state index in [1.807, 2.05) is 6.07 Å². The number of piperidine rings is 1. The molecule has 108 valence electrons. The Morgan fingerprint density at radius 2 is 2.05 bits per heavy atom. The number of rotatable bonds is 4. The van der Waals surface area contributed by atoms with Crippen LogP contribution in [0.4, 0.5) is 0 Å². The van der Waals surface area contributed by atoms with Crippen molar-refractivity contribution >= 4 is 28.3 Å². The Balaban J connectivity index is 0.00000180. The molecule has 0 saturated carbocycles. The maximum absolute atomic E-state index is 5.28. The second kappa shape index (κ2) is 8.10. The lowest BCUT2D eigenvalue weighted by Gasteiger charge is -2.32. The van der Waals surface area contributed by atoms with Crippen molar-refractivity contribution in [1.82, 2.24) is 10.2 Å². The van der Waals surface area contributed by atoms with Gasteiger partial charge in [0, 0.05) is 17.1 Å².